The van der Waals surface area contributed by atoms with Crippen molar-refractivity contribution in [1.82, 2.24) is 0 Å². The van der Waals surface area contributed by atoms with Gasteiger partial charge in [0.05, 0.1) is 0 Å². The summed E-state index contributed by atoms with van der Waals surface area (Å²) >= 11 is 3.51. The van der Waals surface area contributed by atoms with Crippen molar-refractivity contribution in [3.05, 3.63) is 28.0 Å². The summed E-state index contributed by atoms with van der Waals surface area (Å²) in [6, 6.07) is 4.00. The lowest BCUT2D eigenvalue weighted by Gasteiger charge is -1.98. The van der Waals surface area contributed by atoms with Crippen molar-refractivity contribution < 1.29 is 14.6 Å². The summed E-state index contributed by atoms with van der Waals surface area (Å²) in [6.07, 6.45) is 3.87. The van der Waals surface area contributed by atoms with E-state index >= 15 is 0 Å². The molecule has 1 rings (SSSR count). The maximum absolute atomic E-state index is 10.4. The Bertz CT molecular complexity index is 372. The van der Waals surface area contributed by atoms with Gasteiger partial charge in [-0.3, -0.25) is 0 Å². The van der Waals surface area contributed by atoms with Crippen molar-refractivity contribution in [3.8, 4) is 0 Å². The van der Waals surface area contributed by atoms with Crippen molar-refractivity contribution in [1.29, 1.82) is 0 Å². The van der Waals surface area contributed by atoms with Crippen LogP contribution in [0.4, 0.5) is 0 Å². The molecule has 0 unspecified atom stereocenters. The van der Waals surface area contributed by atoms with E-state index in [1.165, 1.54) is 11.0 Å². The molecule has 0 spiro atoms. The minimum absolute atomic E-state index is 0.810. The van der Waals surface area contributed by atoms with Crippen LogP contribution in [0.5, 0.6) is 0 Å². The molecule has 0 saturated heterocycles. The second-order valence-corrected chi connectivity index (χ2v) is 5.68. The zero-order valence-electron chi connectivity index (χ0n) is 9.72. The molecule has 0 aromatic carbocycles. The molecule has 3 nitrogen and oxygen atoms in total. The Morgan fingerprint density at radius 3 is 3.12 bits per heavy atom. The SMILES string of the molecule is COCCCSCc1ccc(C=CC(=O)O)s1. The van der Waals surface area contributed by atoms with Crippen LogP contribution in [-0.4, -0.2) is 30.5 Å². The quantitative estimate of drug-likeness (QED) is 0.583. The molecule has 0 aliphatic carbocycles. The van der Waals surface area contributed by atoms with Gasteiger partial charge in [0, 0.05) is 35.3 Å². The highest BCUT2D eigenvalue weighted by Gasteiger charge is 1.98. The number of carbonyl (C=O) groups is 1. The molecule has 0 aliphatic rings. The van der Waals surface area contributed by atoms with Gasteiger partial charge in [-0.05, 0) is 30.4 Å². The number of carboxylic acid groups (broad SMARTS) is 1. The molecular weight excluding hydrogens is 256 g/mol. The van der Waals surface area contributed by atoms with Crippen LogP contribution >= 0.6 is 23.1 Å². The van der Waals surface area contributed by atoms with Crippen LogP contribution in [0.3, 0.4) is 0 Å². The van der Waals surface area contributed by atoms with E-state index in [1.807, 2.05) is 17.8 Å². The Balaban J connectivity index is 2.28. The van der Waals surface area contributed by atoms with Crippen LogP contribution < -0.4 is 0 Å². The summed E-state index contributed by atoms with van der Waals surface area (Å²) in [4.78, 5) is 12.6. The Morgan fingerprint density at radius 1 is 1.59 bits per heavy atom. The highest BCUT2D eigenvalue weighted by Crippen LogP contribution is 2.22. The van der Waals surface area contributed by atoms with Crippen LogP contribution in [0, 0.1) is 0 Å². The van der Waals surface area contributed by atoms with Gasteiger partial charge in [-0.2, -0.15) is 11.8 Å². The summed E-state index contributed by atoms with van der Waals surface area (Å²) in [5, 5.41) is 8.51. The molecule has 0 atom stereocenters. The second-order valence-electron chi connectivity index (χ2n) is 3.37. The van der Waals surface area contributed by atoms with Crippen LogP contribution in [0.25, 0.3) is 6.08 Å². The summed E-state index contributed by atoms with van der Waals surface area (Å²) < 4.78 is 4.98. The summed E-state index contributed by atoms with van der Waals surface area (Å²) in [5.74, 6) is 1.16. The summed E-state index contributed by atoms with van der Waals surface area (Å²) in [5.41, 5.74) is 0. The van der Waals surface area contributed by atoms with Gasteiger partial charge in [0.1, 0.15) is 0 Å². The normalized spacial score (nSPS) is 11.1. The third kappa shape index (κ3) is 6.51. The fourth-order valence-electron chi connectivity index (χ4n) is 1.19. The zero-order chi connectivity index (χ0) is 12.5. The molecule has 5 heteroatoms. The number of thioether (sulfide) groups is 1. The summed E-state index contributed by atoms with van der Waals surface area (Å²) in [6.45, 7) is 0.810. The fraction of sp³-hybridized carbons (Fsp3) is 0.417. The van der Waals surface area contributed by atoms with E-state index < -0.39 is 5.97 Å². The van der Waals surface area contributed by atoms with Crippen molar-refractivity contribution in [2.75, 3.05) is 19.5 Å². The minimum Gasteiger partial charge on any atom is -0.478 e. The molecule has 0 saturated carbocycles. The molecule has 1 aromatic heterocycles. The van der Waals surface area contributed by atoms with Gasteiger partial charge in [-0.15, -0.1) is 11.3 Å². The molecule has 94 valence electrons. The first-order valence-electron chi connectivity index (χ1n) is 5.29. The first-order chi connectivity index (χ1) is 8.22. The lowest BCUT2D eigenvalue weighted by molar-refractivity contribution is -0.131. The largest absolute Gasteiger partial charge is 0.478 e. The zero-order valence-corrected chi connectivity index (χ0v) is 11.4. The number of ether oxygens (including phenoxy) is 1. The van der Waals surface area contributed by atoms with E-state index in [-0.39, 0.29) is 0 Å². The van der Waals surface area contributed by atoms with E-state index in [2.05, 4.69) is 6.07 Å². The predicted octanol–water partition coefficient (Wildman–Crippen LogP) is 3.12. The lowest BCUT2D eigenvalue weighted by atomic mass is 10.4. The number of aliphatic carboxylic acids is 1. The van der Waals surface area contributed by atoms with Gasteiger partial charge in [0.15, 0.2) is 0 Å². The average Bonchev–Trinajstić information content (AvgIpc) is 2.74. The van der Waals surface area contributed by atoms with Gasteiger partial charge < -0.3 is 9.84 Å². The average molecular weight is 272 g/mol. The van der Waals surface area contributed by atoms with Crippen molar-refractivity contribution in [3.63, 3.8) is 0 Å². The Morgan fingerprint density at radius 2 is 2.41 bits per heavy atom. The molecule has 0 radical (unpaired) electrons. The number of rotatable bonds is 8. The van der Waals surface area contributed by atoms with Crippen molar-refractivity contribution >= 4 is 35.1 Å². The molecule has 0 amide bonds. The summed E-state index contributed by atoms with van der Waals surface area (Å²) in [7, 11) is 1.71. The molecule has 0 aliphatic heterocycles. The topological polar surface area (TPSA) is 46.5 Å². The highest BCUT2D eigenvalue weighted by molar-refractivity contribution is 7.98. The van der Waals surface area contributed by atoms with Crippen molar-refractivity contribution in [2.45, 2.75) is 12.2 Å². The third-order valence-corrected chi connectivity index (χ3v) is 4.28. The number of methoxy groups -OCH3 is 1. The molecule has 0 bridgehead atoms. The Labute approximate surface area is 109 Å². The molecule has 1 heterocycles. The fourth-order valence-corrected chi connectivity index (χ4v) is 3.15. The molecular formula is C12H16O3S2. The Hall–Kier alpha value is -0.780. The smallest absolute Gasteiger partial charge is 0.328 e. The Kier molecular flexibility index (Phi) is 7.00. The maximum atomic E-state index is 10.4. The first kappa shape index (κ1) is 14.3. The monoisotopic (exact) mass is 272 g/mol. The number of hydrogen-bond donors (Lipinski definition) is 1. The number of hydrogen-bond acceptors (Lipinski definition) is 4. The van der Waals surface area contributed by atoms with Crippen molar-refractivity contribution in [2.24, 2.45) is 0 Å². The lowest BCUT2D eigenvalue weighted by Crippen LogP contribution is -1.90. The van der Waals surface area contributed by atoms with Crippen LogP contribution in [0.1, 0.15) is 16.2 Å². The highest BCUT2D eigenvalue weighted by atomic mass is 32.2. The van der Waals surface area contributed by atoms with Crippen LogP contribution in [0.15, 0.2) is 18.2 Å². The molecule has 1 N–H and O–H groups in total. The van der Waals surface area contributed by atoms with E-state index in [4.69, 9.17) is 9.84 Å². The number of thiophene rings is 1. The predicted molar refractivity (Wildman–Crippen MR) is 73.6 cm³/mol. The van der Waals surface area contributed by atoms with E-state index in [9.17, 15) is 4.79 Å². The molecule has 0 fully saturated rings. The maximum Gasteiger partial charge on any atom is 0.328 e. The first-order valence-corrected chi connectivity index (χ1v) is 7.26. The van der Waals surface area contributed by atoms with Gasteiger partial charge in [0.2, 0.25) is 0 Å². The van der Waals surface area contributed by atoms with Crippen LogP contribution in [-0.2, 0) is 15.3 Å². The molecule has 17 heavy (non-hydrogen) atoms. The van der Waals surface area contributed by atoms with Gasteiger partial charge >= 0.3 is 5.97 Å². The number of carboxylic acids is 1. The van der Waals surface area contributed by atoms with E-state index in [0.717, 1.165) is 29.4 Å². The minimum atomic E-state index is -0.908. The third-order valence-electron chi connectivity index (χ3n) is 1.95. The standard InChI is InChI=1S/C12H16O3S2/c1-15-7-2-8-16-9-11-4-3-10(17-11)5-6-12(13)14/h3-6H,2,7-9H2,1H3,(H,13,14). The molecule has 1 aromatic rings. The second kappa shape index (κ2) is 8.33. The van der Waals surface area contributed by atoms with Gasteiger partial charge in [0.25, 0.3) is 0 Å². The van der Waals surface area contributed by atoms with E-state index in [0.29, 0.717) is 0 Å². The van der Waals surface area contributed by atoms with Gasteiger partial charge in [-0.1, -0.05) is 0 Å². The van der Waals surface area contributed by atoms with Gasteiger partial charge in [-0.25, -0.2) is 4.79 Å². The van der Waals surface area contributed by atoms with Crippen LogP contribution in [0.2, 0.25) is 0 Å². The van der Waals surface area contributed by atoms with E-state index in [1.54, 1.807) is 24.5 Å².